The number of hydrogen-bond donors (Lipinski definition) is 0. The van der Waals surface area contributed by atoms with Crippen molar-refractivity contribution >= 4 is 22.1 Å². The predicted molar refractivity (Wildman–Crippen MR) is 98.9 cm³/mol. The average Bonchev–Trinajstić information content (AvgIpc) is 3.10. The van der Waals surface area contributed by atoms with Crippen LogP contribution in [0.5, 0.6) is 0 Å². The molecule has 4 rings (SSSR count). The SMILES string of the molecule is Cc1ccccc1C1CCCN1c1ccc([N+](=O)[O-])c2cnccc12. The fourth-order valence-corrected chi connectivity index (χ4v) is 3.91. The maximum atomic E-state index is 11.3. The monoisotopic (exact) mass is 333 g/mol. The molecule has 2 aromatic carbocycles. The molecule has 0 aliphatic carbocycles. The van der Waals surface area contributed by atoms with Gasteiger partial charge in [0, 0.05) is 36.1 Å². The Morgan fingerprint density at radius 2 is 2.00 bits per heavy atom. The van der Waals surface area contributed by atoms with Crippen molar-refractivity contribution < 1.29 is 4.92 Å². The molecule has 2 heterocycles. The number of nitrogens with zero attached hydrogens (tertiary/aromatic N) is 3. The first-order valence-electron chi connectivity index (χ1n) is 8.50. The molecule has 5 heteroatoms. The van der Waals surface area contributed by atoms with Crippen molar-refractivity contribution in [2.45, 2.75) is 25.8 Å². The van der Waals surface area contributed by atoms with Crippen LogP contribution in [0.25, 0.3) is 10.8 Å². The molecule has 1 aromatic heterocycles. The molecule has 126 valence electrons. The van der Waals surface area contributed by atoms with Gasteiger partial charge < -0.3 is 4.90 Å². The molecular weight excluding hydrogens is 314 g/mol. The average molecular weight is 333 g/mol. The summed E-state index contributed by atoms with van der Waals surface area (Å²) in [6.45, 7) is 3.10. The molecule has 1 fully saturated rings. The highest BCUT2D eigenvalue weighted by Crippen LogP contribution is 2.41. The van der Waals surface area contributed by atoms with Crippen LogP contribution in [-0.4, -0.2) is 16.5 Å². The maximum absolute atomic E-state index is 11.3. The van der Waals surface area contributed by atoms with Crippen molar-refractivity contribution in [2.75, 3.05) is 11.4 Å². The van der Waals surface area contributed by atoms with Gasteiger partial charge in [-0.05, 0) is 43.0 Å². The van der Waals surface area contributed by atoms with Crippen LogP contribution in [0.4, 0.5) is 11.4 Å². The van der Waals surface area contributed by atoms with Gasteiger partial charge >= 0.3 is 0 Å². The lowest BCUT2D eigenvalue weighted by molar-refractivity contribution is -0.383. The van der Waals surface area contributed by atoms with Gasteiger partial charge in [-0.15, -0.1) is 0 Å². The largest absolute Gasteiger partial charge is 0.364 e. The lowest BCUT2D eigenvalue weighted by atomic mass is 9.98. The molecule has 0 N–H and O–H groups in total. The summed E-state index contributed by atoms with van der Waals surface area (Å²) in [5.41, 5.74) is 3.78. The van der Waals surface area contributed by atoms with Gasteiger partial charge in [0.1, 0.15) is 0 Å². The Hall–Kier alpha value is -2.95. The van der Waals surface area contributed by atoms with E-state index in [4.69, 9.17) is 0 Å². The summed E-state index contributed by atoms with van der Waals surface area (Å²) >= 11 is 0. The molecular formula is C20H19N3O2. The molecule has 1 aliphatic heterocycles. The fourth-order valence-electron chi connectivity index (χ4n) is 3.91. The minimum atomic E-state index is -0.337. The van der Waals surface area contributed by atoms with E-state index < -0.39 is 0 Å². The number of non-ortho nitro benzene ring substituents is 1. The van der Waals surface area contributed by atoms with Crippen LogP contribution in [0, 0.1) is 17.0 Å². The summed E-state index contributed by atoms with van der Waals surface area (Å²) in [6, 6.07) is 14.1. The smallest absolute Gasteiger partial charge is 0.278 e. The number of rotatable bonds is 3. The number of fused-ring (bicyclic) bond motifs is 1. The normalized spacial score (nSPS) is 17.2. The number of pyridine rings is 1. The quantitative estimate of drug-likeness (QED) is 0.510. The van der Waals surface area contributed by atoms with E-state index in [0.29, 0.717) is 11.4 Å². The number of hydrogen-bond acceptors (Lipinski definition) is 4. The van der Waals surface area contributed by atoms with Crippen molar-refractivity contribution in [1.82, 2.24) is 4.98 Å². The van der Waals surface area contributed by atoms with Crippen LogP contribution in [0.1, 0.15) is 30.0 Å². The second-order valence-corrected chi connectivity index (χ2v) is 6.49. The minimum absolute atomic E-state index is 0.110. The van der Waals surface area contributed by atoms with Crippen molar-refractivity contribution in [3.05, 3.63) is 76.1 Å². The Bertz CT molecular complexity index is 955. The molecule has 0 amide bonds. The molecule has 1 unspecified atom stereocenters. The van der Waals surface area contributed by atoms with Gasteiger partial charge in [0.05, 0.1) is 16.4 Å². The molecule has 0 radical (unpaired) electrons. The third-order valence-electron chi connectivity index (χ3n) is 5.08. The number of nitro groups is 1. The molecule has 5 nitrogen and oxygen atoms in total. The van der Waals surface area contributed by atoms with Gasteiger partial charge in [0.2, 0.25) is 0 Å². The van der Waals surface area contributed by atoms with Crippen LogP contribution < -0.4 is 4.90 Å². The molecule has 1 saturated heterocycles. The van der Waals surface area contributed by atoms with Crippen LogP contribution in [0.2, 0.25) is 0 Å². The van der Waals surface area contributed by atoms with Crippen molar-refractivity contribution in [3.8, 4) is 0 Å². The summed E-state index contributed by atoms with van der Waals surface area (Å²) < 4.78 is 0. The van der Waals surface area contributed by atoms with Gasteiger partial charge in [-0.1, -0.05) is 24.3 Å². The zero-order valence-corrected chi connectivity index (χ0v) is 14.1. The lowest BCUT2D eigenvalue weighted by Gasteiger charge is -2.29. The Morgan fingerprint density at radius 3 is 2.80 bits per heavy atom. The van der Waals surface area contributed by atoms with Crippen LogP contribution in [0.3, 0.4) is 0 Å². The highest BCUT2D eigenvalue weighted by molar-refractivity contribution is 5.99. The Morgan fingerprint density at radius 1 is 1.16 bits per heavy atom. The van der Waals surface area contributed by atoms with E-state index in [1.807, 2.05) is 12.1 Å². The Kier molecular flexibility index (Phi) is 3.84. The van der Waals surface area contributed by atoms with Crippen molar-refractivity contribution in [1.29, 1.82) is 0 Å². The maximum Gasteiger partial charge on any atom is 0.278 e. The minimum Gasteiger partial charge on any atom is -0.364 e. The van der Waals surface area contributed by atoms with E-state index in [9.17, 15) is 10.1 Å². The highest BCUT2D eigenvalue weighted by Gasteiger charge is 2.29. The van der Waals surface area contributed by atoms with Gasteiger partial charge in [-0.3, -0.25) is 15.1 Å². The Labute approximate surface area is 146 Å². The van der Waals surface area contributed by atoms with E-state index >= 15 is 0 Å². The zero-order valence-electron chi connectivity index (χ0n) is 14.1. The van der Waals surface area contributed by atoms with Gasteiger partial charge in [-0.25, -0.2) is 0 Å². The number of aromatic nitrogens is 1. The molecule has 0 spiro atoms. The summed E-state index contributed by atoms with van der Waals surface area (Å²) in [6.07, 6.45) is 5.50. The topological polar surface area (TPSA) is 59.3 Å². The first kappa shape index (κ1) is 15.6. The van der Waals surface area contributed by atoms with Gasteiger partial charge in [0.15, 0.2) is 0 Å². The molecule has 1 aliphatic rings. The Balaban J connectivity index is 1.86. The van der Waals surface area contributed by atoms with Gasteiger partial charge in [0.25, 0.3) is 5.69 Å². The molecule has 25 heavy (non-hydrogen) atoms. The van der Waals surface area contributed by atoms with E-state index in [0.717, 1.165) is 30.5 Å². The summed E-state index contributed by atoms with van der Waals surface area (Å²) in [5, 5.41) is 12.8. The molecule has 0 bridgehead atoms. The van der Waals surface area contributed by atoms with Crippen molar-refractivity contribution in [3.63, 3.8) is 0 Å². The van der Waals surface area contributed by atoms with Crippen LogP contribution in [0.15, 0.2) is 54.9 Å². The standard InChI is InChI=1S/C20H19N3O2/c1-14-5-2-3-6-15(14)18-7-4-12-22(18)19-8-9-20(23(24)25)17-13-21-11-10-16(17)19/h2-3,5-6,8-11,13,18H,4,7,12H2,1H3. The number of nitro benzene ring substituents is 1. The third-order valence-corrected chi connectivity index (χ3v) is 5.08. The fraction of sp³-hybridized carbons (Fsp3) is 0.250. The van der Waals surface area contributed by atoms with E-state index in [-0.39, 0.29) is 10.6 Å². The summed E-state index contributed by atoms with van der Waals surface area (Å²) in [5.74, 6) is 0. The third kappa shape index (κ3) is 2.61. The predicted octanol–water partition coefficient (Wildman–Crippen LogP) is 4.79. The first-order valence-corrected chi connectivity index (χ1v) is 8.50. The highest BCUT2D eigenvalue weighted by atomic mass is 16.6. The second-order valence-electron chi connectivity index (χ2n) is 6.49. The molecule has 1 atom stereocenters. The van der Waals surface area contributed by atoms with Gasteiger partial charge in [-0.2, -0.15) is 0 Å². The molecule has 3 aromatic rings. The number of benzene rings is 2. The van der Waals surface area contributed by atoms with E-state index in [1.54, 1.807) is 18.5 Å². The lowest BCUT2D eigenvalue weighted by Crippen LogP contribution is -2.23. The van der Waals surface area contributed by atoms with E-state index in [2.05, 4.69) is 41.1 Å². The summed E-state index contributed by atoms with van der Waals surface area (Å²) in [7, 11) is 0. The summed E-state index contributed by atoms with van der Waals surface area (Å²) in [4.78, 5) is 17.5. The van der Waals surface area contributed by atoms with Crippen LogP contribution >= 0.6 is 0 Å². The molecule has 0 saturated carbocycles. The van der Waals surface area contributed by atoms with Crippen molar-refractivity contribution in [2.24, 2.45) is 0 Å². The first-order chi connectivity index (χ1) is 12.2. The second kappa shape index (κ2) is 6.16. The van der Waals surface area contributed by atoms with E-state index in [1.165, 1.54) is 11.1 Å². The van der Waals surface area contributed by atoms with Crippen LogP contribution in [-0.2, 0) is 0 Å². The zero-order chi connectivity index (χ0) is 17.4. The number of aryl methyl sites for hydroxylation is 1. The number of anilines is 1.